The molecule has 15 heavy (non-hydrogen) atoms. The second kappa shape index (κ2) is 3.93. The highest BCUT2D eigenvalue weighted by Gasteiger charge is 2.43. The standard InChI is InChI=1S/C12H19N3/c1-10-2-4-11(5-3-10)12(6-7-12)8-9-15(13)14/h2-5H,6-9,13-14H2,1H3. The molecule has 1 aliphatic rings. The van der Waals surface area contributed by atoms with Crippen LogP contribution in [0.25, 0.3) is 0 Å². The molecule has 0 heterocycles. The molecule has 0 amide bonds. The van der Waals surface area contributed by atoms with E-state index in [-0.39, 0.29) is 0 Å². The predicted molar refractivity (Wildman–Crippen MR) is 61.8 cm³/mol. The minimum Gasteiger partial charge on any atom is -0.255 e. The van der Waals surface area contributed by atoms with Gasteiger partial charge >= 0.3 is 0 Å². The molecule has 4 N–H and O–H groups in total. The summed E-state index contributed by atoms with van der Waals surface area (Å²) in [4.78, 5) is 0. The third-order valence-corrected chi connectivity index (χ3v) is 3.37. The van der Waals surface area contributed by atoms with Crippen LogP contribution in [-0.4, -0.2) is 11.7 Å². The van der Waals surface area contributed by atoms with E-state index in [4.69, 9.17) is 11.7 Å². The third-order valence-electron chi connectivity index (χ3n) is 3.37. The van der Waals surface area contributed by atoms with E-state index in [0.29, 0.717) is 5.41 Å². The number of hydrogen-bond acceptors (Lipinski definition) is 3. The summed E-state index contributed by atoms with van der Waals surface area (Å²) in [5, 5.41) is 1.29. The molecular formula is C12H19N3. The van der Waals surface area contributed by atoms with Gasteiger partial charge in [-0.05, 0) is 37.2 Å². The van der Waals surface area contributed by atoms with Gasteiger partial charge in [0.15, 0.2) is 0 Å². The maximum Gasteiger partial charge on any atom is 0.0291 e. The Kier molecular flexibility index (Phi) is 2.78. The van der Waals surface area contributed by atoms with Crippen LogP contribution in [0.15, 0.2) is 24.3 Å². The molecule has 0 unspecified atom stereocenters. The van der Waals surface area contributed by atoms with Crippen LogP contribution in [0.1, 0.15) is 30.4 Å². The Hall–Kier alpha value is -0.900. The molecule has 3 nitrogen and oxygen atoms in total. The second-order valence-electron chi connectivity index (χ2n) is 4.63. The SMILES string of the molecule is Cc1ccc(C2(CCN(N)N)CC2)cc1. The van der Waals surface area contributed by atoms with Gasteiger partial charge in [-0.1, -0.05) is 29.8 Å². The summed E-state index contributed by atoms with van der Waals surface area (Å²) in [5.41, 5.74) is 3.12. The quantitative estimate of drug-likeness (QED) is 0.578. The Morgan fingerprint density at radius 1 is 1.20 bits per heavy atom. The van der Waals surface area contributed by atoms with Gasteiger partial charge in [-0.3, -0.25) is 11.7 Å². The molecule has 0 aliphatic heterocycles. The van der Waals surface area contributed by atoms with Crippen molar-refractivity contribution in [3.05, 3.63) is 35.4 Å². The Labute approximate surface area is 91.0 Å². The fraction of sp³-hybridized carbons (Fsp3) is 0.500. The normalized spacial score (nSPS) is 18.1. The highest BCUT2D eigenvalue weighted by atomic mass is 15.6. The Morgan fingerprint density at radius 2 is 1.80 bits per heavy atom. The first-order chi connectivity index (χ1) is 7.12. The first-order valence-corrected chi connectivity index (χ1v) is 5.46. The molecule has 2 rings (SSSR count). The molecule has 1 aromatic carbocycles. The van der Waals surface area contributed by atoms with Gasteiger partial charge in [0.1, 0.15) is 0 Å². The number of aryl methyl sites for hydroxylation is 1. The van der Waals surface area contributed by atoms with Crippen LogP contribution in [-0.2, 0) is 5.41 Å². The third kappa shape index (κ3) is 2.37. The largest absolute Gasteiger partial charge is 0.255 e. The first kappa shape index (κ1) is 10.6. The molecule has 1 aliphatic carbocycles. The van der Waals surface area contributed by atoms with Crippen molar-refractivity contribution in [3.8, 4) is 0 Å². The van der Waals surface area contributed by atoms with Gasteiger partial charge in [0.05, 0.1) is 0 Å². The van der Waals surface area contributed by atoms with Gasteiger partial charge in [-0.2, -0.15) is 5.12 Å². The summed E-state index contributed by atoms with van der Waals surface area (Å²) in [6, 6.07) is 8.83. The fourth-order valence-electron chi connectivity index (χ4n) is 2.08. The molecule has 0 bridgehead atoms. The lowest BCUT2D eigenvalue weighted by Crippen LogP contribution is -2.39. The average Bonchev–Trinajstić information content (AvgIpc) is 2.97. The molecule has 0 atom stereocenters. The van der Waals surface area contributed by atoms with Crippen LogP contribution in [0.3, 0.4) is 0 Å². The zero-order chi connectivity index (χ0) is 10.9. The molecule has 1 saturated carbocycles. The number of nitrogens with zero attached hydrogens (tertiary/aromatic N) is 1. The van der Waals surface area contributed by atoms with E-state index in [1.54, 1.807) is 0 Å². The van der Waals surface area contributed by atoms with Gasteiger partial charge < -0.3 is 0 Å². The van der Waals surface area contributed by atoms with E-state index in [1.807, 2.05) is 0 Å². The van der Waals surface area contributed by atoms with Crippen molar-refractivity contribution in [1.29, 1.82) is 0 Å². The van der Waals surface area contributed by atoms with Crippen LogP contribution >= 0.6 is 0 Å². The molecule has 1 fully saturated rings. The summed E-state index contributed by atoms with van der Waals surface area (Å²) in [5.74, 6) is 10.9. The highest BCUT2D eigenvalue weighted by Crippen LogP contribution is 2.50. The molecule has 0 radical (unpaired) electrons. The van der Waals surface area contributed by atoms with Crippen molar-refractivity contribution in [2.75, 3.05) is 6.54 Å². The summed E-state index contributed by atoms with van der Waals surface area (Å²) in [6.45, 7) is 2.87. The number of nitrogens with two attached hydrogens (primary N) is 2. The van der Waals surface area contributed by atoms with Gasteiger partial charge in [0, 0.05) is 6.54 Å². The number of benzene rings is 1. The minimum atomic E-state index is 0.366. The monoisotopic (exact) mass is 205 g/mol. The van der Waals surface area contributed by atoms with Gasteiger partial charge in [0.25, 0.3) is 0 Å². The highest BCUT2D eigenvalue weighted by molar-refractivity contribution is 5.33. The van der Waals surface area contributed by atoms with Crippen molar-refractivity contribution < 1.29 is 0 Å². The van der Waals surface area contributed by atoms with Crippen molar-refractivity contribution >= 4 is 0 Å². The summed E-state index contributed by atoms with van der Waals surface area (Å²) in [7, 11) is 0. The lowest BCUT2D eigenvalue weighted by molar-refractivity contribution is 0.276. The first-order valence-electron chi connectivity index (χ1n) is 5.46. The van der Waals surface area contributed by atoms with Crippen molar-refractivity contribution in [2.24, 2.45) is 11.7 Å². The number of rotatable bonds is 4. The van der Waals surface area contributed by atoms with Gasteiger partial charge in [0.2, 0.25) is 0 Å². The molecule has 3 heteroatoms. The molecule has 0 aromatic heterocycles. The molecule has 0 spiro atoms. The minimum absolute atomic E-state index is 0.366. The van der Waals surface area contributed by atoms with Crippen LogP contribution in [0, 0.1) is 6.92 Å². The Balaban J connectivity index is 2.06. The molecule has 82 valence electrons. The topological polar surface area (TPSA) is 55.3 Å². The van der Waals surface area contributed by atoms with E-state index < -0.39 is 0 Å². The lowest BCUT2D eigenvalue weighted by Gasteiger charge is -2.18. The molecule has 0 saturated heterocycles. The molecular weight excluding hydrogens is 186 g/mol. The maximum atomic E-state index is 5.44. The average molecular weight is 205 g/mol. The van der Waals surface area contributed by atoms with Crippen LogP contribution in [0.2, 0.25) is 0 Å². The van der Waals surface area contributed by atoms with Crippen molar-refractivity contribution in [3.63, 3.8) is 0 Å². The smallest absolute Gasteiger partial charge is 0.0291 e. The second-order valence-corrected chi connectivity index (χ2v) is 4.63. The maximum absolute atomic E-state index is 5.44. The van der Waals surface area contributed by atoms with Crippen molar-refractivity contribution in [1.82, 2.24) is 5.12 Å². The Morgan fingerprint density at radius 3 is 2.27 bits per heavy atom. The summed E-state index contributed by atoms with van der Waals surface area (Å²) < 4.78 is 0. The van der Waals surface area contributed by atoms with E-state index in [9.17, 15) is 0 Å². The Bertz CT molecular complexity index is 325. The zero-order valence-electron chi connectivity index (χ0n) is 9.24. The number of hydrogen-bond donors (Lipinski definition) is 2. The number of hydrazine groups is 2. The van der Waals surface area contributed by atoms with E-state index >= 15 is 0 Å². The summed E-state index contributed by atoms with van der Waals surface area (Å²) in [6.07, 6.45) is 3.59. The zero-order valence-corrected chi connectivity index (χ0v) is 9.24. The summed E-state index contributed by atoms with van der Waals surface area (Å²) >= 11 is 0. The van der Waals surface area contributed by atoms with Crippen LogP contribution in [0.4, 0.5) is 0 Å². The van der Waals surface area contributed by atoms with Crippen LogP contribution in [0.5, 0.6) is 0 Å². The van der Waals surface area contributed by atoms with Gasteiger partial charge in [-0.15, -0.1) is 0 Å². The molecule has 1 aromatic rings. The lowest BCUT2D eigenvalue weighted by atomic mass is 9.92. The van der Waals surface area contributed by atoms with E-state index in [0.717, 1.165) is 13.0 Å². The fourth-order valence-corrected chi connectivity index (χ4v) is 2.08. The predicted octanol–water partition coefficient (Wildman–Crippen LogP) is 1.47. The van der Waals surface area contributed by atoms with E-state index in [2.05, 4.69) is 31.2 Å². The van der Waals surface area contributed by atoms with Crippen LogP contribution < -0.4 is 11.7 Å². The van der Waals surface area contributed by atoms with Crippen molar-refractivity contribution in [2.45, 2.75) is 31.6 Å². The van der Waals surface area contributed by atoms with Gasteiger partial charge in [-0.25, -0.2) is 0 Å². The van der Waals surface area contributed by atoms with E-state index in [1.165, 1.54) is 29.1 Å².